The Morgan fingerprint density at radius 3 is 2.56 bits per heavy atom. The van der Waals surface area contributed by atoms with Gasteiger partial charge < -0.3 is 14.6 Å². The lowest BCUT2D eigenvalue weighted by Crippen LogP contribution is -2.36. The number of methoxy groups -OCH3 is 1. The third kappa shape index (κ3) is 4.39. The van der Waals surface area contributed by atoms with Gasteiger partial charge in [-0.2, -0.15) is 4.98 Å². The lowest BCUT2D eigenvalue weighted by Gasteiger charge is -2.11. The lowest BCUT2D eigenvalue weighted by atomic mass is 10.2. The van der Waals surface area contributed by atoms with Crippen LogP contribution in [0.4, 0.5) is 0 Å². The summed E-state index contributed by atoms with van der Waals surface area (Å²) in [7, 11) is 1.55. The van der Waals surface area contributed by atoms with Gasteiger partial charge >= 0.3 is 11.7 Å². The largest absolute Gasteiger partial charge is 0.497 e. The van der Waals surface area contributed by atoms with Gasteiger partial charge in [0.15, 0.2) is 11.2 Å². The van der Waals surface area contributed by atoms with Crippen molar-refractivity contribution in [1.82, 2.24) is 19.1 Å². The Labute approximate surface area is 187 Å². The van der Waals surface area contributed by atoms with Crippen LogP contribution < -0.4 is 20.7 Å². The van der Waals surface area contributed by atoms with Crippen LogP contribution in [-0.2, 0) is 13.1 Å². The number of hydrogen-bond acceptors (Lipinski definition) is 6. The predicted molar refractivity (Wildman–Crippen MR) is 120 cm³/mol. The van der Waals surface area contributed by atoms with Gasteiger partial charge in [0.1, 0.15) is 11.5 Å². The molecule has 2 aromatic heterocycles. The van der Waals surface area contributed by atoms with Crippen LogP contribution in [0.25, 0.3) is 11.2 Å². The fraction of sp³-hybridized carbons (Fsp3) is 0.227. The molecule has 9 nitrogen and oxygen atoms in total. The van der Waals surface area contributed by atoms with Gasteiger partial charge in [0.05, 0.1) is 13.7 Å². The van der Waals surface area contributed by atoms with Crippen molar-refractivity contribution >= 4 is 22.8 Å². The van der Waals surface area contributed by atoms with Crippen molar-refractivity contribution in [2.75, 3.05) is 13.7 Å². The molecule has 0 aliphatic heterocycles. The molecular formula is C22H21ClN4O5. The number of fused-ring (bicyclic) bond motifs is 1. The van der Waals surface area contributed by atoms with Gasteiger partial charge in [-0.25, -0.2) is 4.79 Å². The highest BCUT2D eigenvalue weighted by Gasteiger charge is 2.20. The van der Waals surface area contributed by atoms with E-state index in [1.54, 1.807) is 48.1 Å². The molecule has 10 heteroatoms. The number of halogens is 1. The molecule has 166 valence electrons. The molecule has 4 rings (SSSR count). The zero-order valence-corrected chi connectivity index (χ0v) is 18.0. The van der Waals surface area contributed by atoms with Gasteiger partial charge in [0.2, 0.25) is 0 Å². The predicted octanol–water partition coefficient (Wildman–Crippen LogP) is 2.77. The Hall–Kier alpha value is -3.56. The lowest BCUT2D eigenvalue weighted by molar-refractivity contribution is 0.278. The zero-order chi connectivity index (χ0) is 22.7. The average Bonchev–Trinajstić information content (AvgIpc) is 3.11. The summed E-state index contributed by atoms with van der Waals surface area (Å²) in [6.07, 6.45) is 0.271. The van der Waals surface area contributed by atoms with E-state index in [2.05, 4.69) is 9.97 Å². The molecule has 0 saturated carbocycles. The number of aliphatic hydroxyl groups excluding tert-OH is 1. The molecule has 0 unspecified atom stereocenters. The molecule has 0 bridgehead atoms. The number of aromatic nitrogens is 4. The Kier molecular flexibility index (Phi) is 6.29. The van der Waals surface area contributed by atoms with Crippen LogP contribution in [0.3, 0.4) is 0 Å². The van der Waals surface area contributed by atoms with Crippen LogP contribution in [0.5, 0.6) is 17.5 Å². The average molecular weight is 457 g/mol. The number of rotatable bonds is 8. The van der Waals surface area contributed by atoms with Crippen LogP contribution >= 0.6 is 11.6 Å². The summed E-state index contributed by atoms with van der Waals surface area (Å²) in [5.74, 6) is 1.06. The topological polar surface area (TPSA) is 111 Å². The summed E-state index contributed by atoms with van der Waals surface area (Å²) in [6, 6.07) is 14.3. The summed E-state index contributed by atoms with van der Waals surface area (Å²) in [5, 5.41) is 9.71. The maximum absolute atomic E-state index is 13.2. The van der Waals surface area contributed by atoms with E-state index in [1.807, 2.05) is 12.1 Å². The van der Waals surface area contributed by atoms with E-state index >= 15 is 0 Å². The SMILES string of the molecule is COc1cccc(Oc2nc3[nH]c(=O)n(CCCO)c(=O)c3n2Cc2ccc(Cl)cc2)c1. The molecule has 0 fully saturated rings. The first kappa shape index (κ1) is 21.7. The maximum Gasteiger partial charge on any atom is 0.330 e. The highest BCUT2D eigenvalue weighted by atomic mass is 35.5. The van der Waals surface area contributed by atoms with Gasteiger partial charge in [-0.1, -0.05) is 29.8 Å². The van der Waals surface area contributed by atoms with Crippen LogP contribution in [0.15, 0.2) is 58.1 Å². The van der Waals surface area contributed by atoms with Gasteiger partial charge in [-0.15, -0.1) is 0 Å². The number of hydrogen-bond donors (Lipinski definition) is 2. The highest BCUT2D eigenvalue weighted by Crippen LogP contribution is 2.27. The molecular weight excluding hydrogens is 436 g/mol. The van der Waals surface area contributed by atoms with Crippen molar-refractivity contribution in [3.8, 4) is 17.5 Å². The second-order valence-corrected chi connectivity index (χ2v) is 7.49. The molecule has 2 aromatic carbocycles. The molecule has 0 aliphatic rings. The van der Waals surface area contributed by atoms with E-state index in [1.165, 1.54) is 0 Å². The Balaban J connectivity index is 1.87. The first-order valence-corrected chi connectivity index (χ1v) is 10.3. The smallest absolute Gasteiger partial charge is 0.330 e. The minimum Gasteiger partial charge on any atom is -0.497 e. The van der Waals surface area contributed by atoms with Crippen molar-refractivity contribution in [3.05, 3.63) is 80.0 Å². The molecule has 0 spiro atoms. The van der Waals surface area contributed by atoms with Crippen molar-refractivity contribution in [2.24, 2.45) is 0 Å². The molecule has 32 heavy (non-hydrogen) atoms. The van der Waals surface area contributed by atoms with E-state index in [0.29, 0.717) is 16.5 Å². The number of imidazole rings is 1. The Bertz CT molecular complexity index is 1360. The first-order valence-electron chi connectivity index (χ1n) is 9.90. The number of ether oxygens (including phenoxy) is 2. The Morgan fingerprint density at radius 2 is 1.84 bits per heavy atom. The molecule has 0 saturated heterocycles. The molecule has 0 amide bonds. The fourth-order valence-electron chi connectivity index (χ4n) is 3.32. The van der Waals surface area contributed by atoms with Gasteiger partial charge in [0, 0.05) is 24.2 Å². The molecule has 0 atom stereocenters. The first-order chi connectivity index (χ1) is 15.5. The summed E-state index contributed by atoms with van der Waals surface area (Å²) in [6.45, 7) is 0.200. The van der Waals surface area contributed by atoms with Crippen LogP contribution in [0.2, 0.25) is 5.02 Å². The number of nitrogens with zero attached hydrogens (tertiary/aromatic N) is 3. The van der Waals surface area contributed by atoms with Gasteiger partial charge in [-0.3, -0.25) is 18.9 Å². The third-order valence-electron chi connectivity index (χ3n) is 4.89. The standard InChI is InChI=1S/C22H21ClN4O5/c1-31-16-4-2-5-17(12-16)32-22-25-19-18(20(29)26(10-3-11-28)21(30)24-19)27(22)13-14-6-8-15(23)9-7-14/h2,4-9,12,28H,3,10-11,13H2,1H3,(H,24,30). The van der Waals surface area contributed by atoms with E-state index in [-0.39, 0.29) is 43.3 Å². The highest BCUT2D eigenvalue weighted by molar-refractivity contribution is 6.30. The normalized spacial score (nSPS) is 11.1. The molecule has 2 N–H and O–H groups in total. The molecule has 0 aliphatic carbocycles. The third-order valence-corrected chi connectivity index (χ3v) is 5.15. The van der Waals surface area contributed by atoms with Crippen molar-refractivity contribution in [1.29, 1.82) is 0 Å². The van der Waals surface area contributed by atoms with E-state index in [9.17, 15) is 9.59 Å². The minimum atomic E-state index is -0.597. The van der Waals surface area contributed by atoms with Crippen LogP contribution in [0.1, 0.15) is 12.0 Å². The molecule has 2 heterocycles. The minimum absolute atomic E-state index is 0.0821. The van der Waals surface area contributed by atoms with E-state index < -0.39 is 11.2 Å². The molecule has 0 radical (unpaired) electrons. The summed E-state index contributed by atoms with van der Waals surface area (Å²) < 4.78 is 13.9. The summed E-state index contributed by atoms with van der Waals surface area (Å²) >= 11 is 6.00. The molecule has 4 aromatic rings. The fourth-order valence-corrected chi connectivity index (χ4v) is 3.45. The second kappa shape index (κ2) is 9.29. The monoisotopic (exact) mass is 456 g/mol. The zero-order valence-electron chi connectivity index (χ0n) is 17.2. The number of aliphatic hydroxyl groups is 1. The van der Waals surface area contributed by atoms with E-state index in [0.717, 1.165) is 10.1 Å². The van der Waals surface area contributed by atoms with E-state index in [4.69, 9.17) is 26.2 Å². The number of H-pyrrole nitrogens is 1. The quantitative estimate of drug-likeness (QED) is 0.421. The van der Waals surface area contributed by atoms with Crippen LogP contribution in [-0.4, -0.2) is 37.9 Å². The number of nitrogens with one attached hydrogen (secondary N) is 1. The van der Waals surface area contributed by atoms with Gasteiger partial charge in [-0.05, 0) is 36.2 Å². The number of aromatic amines is 1. The number of benzene rings is 2. The van der Waals surface area contributed by atoms with Crippen LogP contribution in [0, 0.1) is 0 Å². The maximum atomic E-state index is 13.2. The van der Waals surface area contributed by atoms with Crippen molar-refractivity contribution < 1.29 is 14.6 Å². The van der Waals surface area contributed by atoms with Crippen molar-refractivity contribution in [2.45, 2.75) is 19.5 Å². The van der Waals surface area contributed by atoms with Crippen molar-refractivity contribution in [3.63, 3.8) is 0 Å². The second-order valence-electron chi connectivity index (χ2n) is 7.05. The Morgan fingerprint density at radius 1 is 1.09 bits per heavy atom. The summed E-state index contributed by atoms with van der Waals surface area (Å²) in [5.41, 5.74) is 0.0540. The summed E-state index contributed by atoms with van der Waals surface area (Å²) in [4.78, 5) is 32.6. The van der Waals surface area contributed by atoms with Gasteiger partial charge in [0.25, 0.3) is 5.56 Å².